The van der Waals surface area contributed by atoms with E-state index in [0.29, 0.717) is 26.3 Å². The normalized spacial score (nSPS) is 10.8. The molecule has 3 nitrogen and oxygen atoms in total. The molecule has 0 aliphatic heterocycles. The van der Waals surface area contributed by atoms with Crippen molar-refractivity contribution < 1.29 is 0 Å². The van der Waals surface area contributed by atoms with Gasteiger partial charge in [0.1, 0.15) is 0 Å². The number of nitrogens with zero attached hydrogens (tertiary/aromatic N) is 2. The van der Waals surface area contributed by atoms with Crippen molar-refractivity contribution in [1.29, 1.82) is 0 Å². The number of hydrogen-bond donors (Lipinski definition) is 1. The van der Waals surface area contributed by atoms with Crippen molar-refractivity contribution in [3.63, 3.8) is 0 Å². The Kier molecular flexibility index (Phi) is 4.17. The fraction of sp³-hybridized carbons (Fsp3) is 0. The lowest BCUT2D eigenvalue weighted by Gasteiger charge is -2.09. The SMILES string of the molecule is S=c1[nH]nc(-c2ccc(Br)cc2)n1-c1cccc(Cl)c1Cl. The van der Waals surface area contributed by atoms with Crippen molar-refractivity contribution in [2.45, 2.75) is 0 Å². The van der Waals surface area contributed by atoms with Crippen molar-refractivity contribution >= 4 is 51.3 Å². The number of halogens is 3. The molecule has 3 rings (SSSR count). The first-order chi connectivity index (χ1) is 10.1. The highest BCUT2D eigenvalue weighted by Gasteiger charge is 2.14. The first kappa shape index (κ1) is 14.8. The molecule has 21 heavy (non-hydrogen) atoms. The third kappa shape index (κ3) is 2.79. The molecule has 3 aromatic rings. The molecule has 0 unspecified atom stereocenters. The average Bonchev–Trinajstić information content (AvgIpc) is 2.85. The van der Waals surface area contributed by atoms with E-state index in [1.165, 1.54) is 0 Å². The van der Waals surface area contributed by atoms with Crippen LogP contribution in [0.3, 0.4) is 0 Å². The molecule has 7 heteroatoms. The molecule has 0 radical (unpaired) electrons. The van der Waals surface area contributed by atoms with Crippen molar-refractivity contribution in [1.82, 2.24) is 14.8 Å². The quantitative estimate of drug-likeness (QED) is 0.562. The van der Waals surface area contributed by atoms with Crippen LogP contribution < -0.4 is 0 Å². The molecule has 0 saturated heterocycles. The Labute approximate surface area is 144 Å². The zero-order valence-corrected chi connectivity index (χ0v) is 14.4. The van der Waals surface area contributed by atoms with Gasteiger partial charge in [0.25, 0.3) is 0 Å². The average molecular weight is 401 g/mol. The van der Waals surface area contributed by atoms with Crippen molar-refractivity contribution in [2.24, 2.45) is 0 Å². The van der Waals surface area contributed by atoms with E-state index in [1.54, 1.807) is 10.6 Å². The number of aromatic nitrogens is 3. The molecule has 0 aliphatic carbocycles. The summed E-state index contributed by atoms with van der Waals surface area (Å²) in [7, 11) is 0. The molecular weight excluding hydrogens is 393 g/mol. The highest BCUT2D eigenvalue weighted by Crippen LogP contribution is 2.31. The summed E-state index contributed by atoms with van der Waals surface area (Å²) in [5.41, 5.74) is 1.61. The summed E-state index contributed by atoms with van der Waals surface area (Å²) in [6, 6.07) is 13.2. The molecule has 0 bridgehead atoms. The van der Waals surface area contributed by atoms with E-state index in [2.05, 4.69) is 26.1 Å². The topological polar surface area (TPSA) is 33.6 Å². The van der Waals surface area contributed by atoms with Gasteiger partial charge in [0.15, 0.2) is 10.6 Å². The van der Waals surface area contributed by atoms with E-state index >= 15 is 0 Å². The number of rotatable bonds is 2. The van der Waals surface area contributed by atoms with E-state index in [4.69, 9.17) is 35.4 Å². The lowest BCUT2D eigenvalue weighted by molar-refractivity contribution is 1.04. The van der Waals surface area contributed by atoms with E-state index in [0.717, 1.165) is 10.0 Å². The van der Waals surface area contributed by atoms with Crippen LogP contribution in [0.4, 0.5) is 0 Å². The van der Waals surface area contributed by atoms with Gasteiger partial charge in [-0.05, 0) is 36.5 Å². The molecule has 2 aromatic carbocycles. The molecule has 0 spiro atoms. The maximum absolute atomic E-state index is 6.29. The van der Waals surface area contributed by atoms with Crippen LogP contribution in [0, 0.1) is 4.77 Å². The molecule has 106 valence electrons. The van der Waals surface area contributed by atoms with Crippen molar-refractivity contribution in [2.75, 3.05) is 0 Å². The Morgan fingerprint density at radius 2 is 1.81 bits per heavy atom. The molecule has 0 atom stereocenters. The zero-order chi connectivity index (χ0) is 15.0. The fourth-order valence-corrected chi connectivity index (χ4v) is 2.85. The first-order valence-corrected chi connectivity index (χ1v) is 7.91. The van der Waals surface area contributed by atoms with Gasteiger partial charge in [-0.25, -0.2) is 0 Å². The highest BCUT2D eigenvalue weighted by molar-refractivity contribution is 9.10. The van der Waals surface area contributed by atoms with Crippen LogP contribution in [-0.2, 0) is 0 Å². The number of nitrogens with one attached hydrogen (secondary N) is 1. The molecule has 0 fully saturated rings. The maximum atomic E-state index is 6.29. The van der Waals surface area contributed by atoms with Crippen LogP contribution in [0.2, 0.25) is 10.0 Å². The van der Waals surface area contributed by atoms with Gasteiger partial charge in [-0.3, -0.25) is 9.67 Å². The molecule has 1 heterocycles. The van der Waals surface area contributed by atoms with Crippen LogP contribution in [0.15, 0.2) is 46.9 Å². The van der Waals surface area contributed by atoms with Gasteiger partial charge >= 0.3 is 0 Å². The maximum Gasteiger partial charge on any atom is 0.200 e. The third-order valence-corrected chi connectivity index (χ3v) is 4.56. The summed E-state index contributed by atoms with van der Waals surface area (Å²) >= 11 is 21.1. The number of benzene rings is 2. The Morgan fingerprint density at radius 1 is 1.10 bits per heavy atom. The molecule has 0 amide bonds. The predicted octanol–water partition coefficient (Wildman–Crippen LogP) is 5.67. The van der Waals surface area contributed by atoms with Gasteiger partial charge in [0.05, 0.1) is 15.7 Å². The second-order valence-electron chi connectivity index (χ2n) is 4.27. The van der Waals surface area contributed by atoms with E-state index < -0.39 is 0 Å². The molecule has 1 N–H and O–H groups in total. The summed E-state index contributed by atoms with van der Waals surface area (Å²) in [5, 5.41) is 8.00. The fourth-order valence-electron chi connectivity index (χ4n) is 1.98. The minimum atomic E-state index is 0.440. The molecular formula is C14H8BrCl2N3S. The standard InChI is InChI=1S/C14H8BrCl2N3S/c15-9-6-4-8(5-7-9)13-18-19-14(21)20(13)11-3-1-2-10(16)12(11)17/h1-7H,(H,19,21). The van der Waals surface area contributed by atoms with Crippen LogP contribution in [0.5, 0.6) is 0 Å². The smallest absolute Gasteiger partial charge is 0.200 e. The van der Waals surface area contributed by atoms with Gasteiger partial charge in [0.2, 0.25) is 0 Å². The highest BCUT2D eigenvalue weighted by atomic mass is 79.9. The van der Waals surface area contributed by atoms with E-state index in [-0.39, 0.29) is 0 Å². The van der Waals surface area contributed by atoms with Gasteiger partial charge in [-0.15, -0.1) is 0 Å². The van der Waals surface area contributed by atoms with Crippen LogP contribution in [0.25, 0.3) is 17.1 Å². The van der Waals surface area contributed by atoms with Gasteiger partial charge in [0, 0.05) is 10.0 Å². The molecule has 0 aliphatic rings. The Bertz CT molecular complexity index is 855. The predicted molar refractivity (Wildman–Crippen MR) is 91.9 cm³/mol. The summed E-state index contributed by atoms with van der Waals surface area (Å²) in [4.78, 5) is 0. The number of hydrogen-bond acceptors (Lipinski definition) is 2. The van der Waals surface area contributed by atoms with Crippen molar-refractivity contribution in [3.05, 3.63) is 61.8 Å². The van der Waals surface area contributed by atoms with Gasteiger partial charge < -0.3 is 0 Å². The second-order valence-corrected chi connectivity index (χ2v) is 6.36. The lowest BCUT2D eigenvalue weighted by Crippen LogP contribution is -1.99. The number of aromatic amines is 1. The first-order valence-electron chi connectivity index (χ1n) is 5.95. The minimum Gasteiger partial charge on any atom is -0.267 e. The summed E-state index contributed by atoms with van der Waals surface area (Å²) in [5.74, 6) is 0.677. The molecule has 0 saturated carbocycles. The Morgan fingerprint density at radius 3 is 2.52 bits per heavy atom. The summed E-state index contributed by atoms with van der Waals surface area (Å²) in [6.07, 6.45) is 0. The summed E-state index contributed by atoms with van der Waals surface area (Å²) in [6.45, 7) is 0. The van der Waals surface area contributed by atoms with Crippen LogP contribution >= 0.6 is 51.3 Å². The Balaban J connectivity index is 2.25. The monoisotopic (exact) mass is 399 g/mol. The van der Waals surface area contributed by atoms with Gasteiger partial charge in [-0.2, -0.15) is 5.10 Å². The third-order valence-electron chi connectivity index (χ3n) is 2.95. The second kappa shape index (κ2) is 5.93. The van der Waals surface area contributed by atoms with E-state index in [1.807, 2.05) is 36.4 Å². The van der Waals surface area contributed by atoms with Crippen LogP contribution in [-0.4, -0.2) is 14.8 Å². The largest absolute Gasteiger partial charge is 0.267 e. The lowest BCUT2D eigenvalue weighted by atomic mass is 10.2. The van der Waals surface area contributed by atoms with Crippen LogP contribution in [0.1, 0.15) is 0 Å². The number of H-pyrrole nitrogens is 1. The minimum absolute atomic E-state index is 0.440. The summed E-state index contributed by atoms with van der Waals surface area (Å²) < 4.78 is 3.22. The zero-order valence-electron chi connectivity index (χ0n) is 10.5. The van der Waals surface area contributed by atoms with Crippen molar-refractivity contribution in [3.8, 4) is 17.1 Å². The van der Waals surface area contributed by atoms with Gasteiger partial charge in [-0.1, -0.05) is 57.3 Å². The Hall–Kier alpha value is -1.14. The molecule has 1 aromatic heterocycles. The van der Waals surface area contributed by atoms with E-state index in [9.17, 15) is 0 Å².